The van der Waals surface area contributed by atoms with Crippen LogP contribution < -0.4 is 4.31 Å². The van der Waals surface area contributed by atoms with Gasteiger partial charge in [0.05, 0.1) is 29.0 Å². The van der Waals surface area contributed by atoms with E-state index < -0.39 is 10.0 Å². The molecule has 0 spiro atoms. The van der Waals surface area contributed by atoms with Gasteiger partial charge in [-0.15, -0.1) is 0 Å². The number of hydrogen-bond acceptors (Lipinski definition) is 5. The predicted molar refractivity (Wildman–Crippen MR) is 114 cm³/mol. The lowest BCUT2D eigenvalue weighted by Gasteiger charge is -2.20. The molecule has 0 bridgehead atoms. The van der Waals surface area contributed by atoms with Crippen molar-refractivity contribution in [1.29, 1.82) is 5.26 Å². The van der Waals surface area contributed by atoms with Crippen LogP contribution in [0.4, 0.5) is 5.69 Å². The van der Waals surface area contributed by atoms with Crippen LogP contribution in [0.25, 0.3) is 22.0 Å². The average Bonchev–Trinajstić information content (AvgIpc) is 3.24. The Balaban J connectivity index is 1.62. The van der Waals surface area contributed by atoms with E-state index in [-0.39, 0.29) is 4.90 Å². The van der Waals surface area contributed by atoms with E-state index in [1.807, 2.05) is 24.3 Å². The number of fused-ring (bicyclic) bond motifs is 2. The summed E-state index contributed by atoms with van der Waals surface area (Å²) >= 11 is 0. The Kier molecular flexibility index (Phi) is 4.23. The van der Waals surface area contributed by atoms with E-state index in [0.29, 0.717) is 29.7 Å². The van der Waals surface area contributed by atoms with Gasteiger partial charge >= 0.3 is 0 Å². The number of benzene rings is 2. The average molecular weight is 412 g/mol. The van der Waals surface area contributed by atoms with Gasteiger partial charge in [-0.25, -0.2) is 8.42 Å². The van der Waals surface area contributed by atoms with Gasteiger partial charge in [-0.2, -0.15) is 5.26 Å². The molecule has 0 radical (unpaired) electrons. The molecule has 0 fully saturated rings. The Hall–Kier alpha value is -3.76. The Bertz CT molecular complexity index is 1420. The number of sulfonamides is 1. The monoisotopic (exact) mass is 412 g/mol. The van der Waals surface area contributed by atoms with Crippen LogP contribution in [0.15, 0.2) is 78.1 Å². The van der Waals surface area contributed by atoms with Gasteiger partial charge in [0.25, 0.3) is 10.0 Å². The molecule has 6 nitrogen and oxygen atoms in total. The third kappa shape index (κ3) is 2.81. The maximum absolute atomic E-state index is 13.6. The molecule has 1 aliphatic heterocycles. The quantitative estimate of drug-likeness (QED) is 0.509. The highest BCUT2D eigenvalue weighted by atomic mass is 32.2. The number of aromatic nitrogens is 2. The fraction of sp³-hybridized carbons (Fsp3) is 0.0870. The highest BCUT2D eigenvalue weighted by Crippen LogP contribution is 2.39. The van der Waals surface area contributed by atoms with Gasteiger partial charge in [0.15, 0.2) is 0 Å². The van der Waals surface area contributed by atoms with Crippen LogP contribution in [0.2, 0.25) is 0 Å². The number of anilines is 1. The van der Waals surface area contributed by atoms with Crippen LogP contribution in [-0.4, -0.2) is 24.9 Å². The molecule has 0 N–H and O–H groups in total. The van der Waals surface area contributed by atoms with E-state index in [9.17, 15) is 8.42 Å². The molecule has 0 atom stereocenters. The Morgan fingerprint density at radius 2 is 1.80 bits per heavy atom. The molecular weight excluding hydrogens is 396 g/mol. The molecule has 30 heavy (non-hydrogen) atoms. The molecule has 4 aromatic rings. The Labute approximate surface area is 174 Å². The molecule has 0 amide bonds. The molecule has 5 rings (SSSR count). The van der Waals surface area contributed by atoms with Crippen LogP contribution in [0.3, 0.4) is 0 Å². The van der Waals surface area contributed by atoms with Crippen molar-refractivity contribution in [3.05, 3.63) is 84.3 Å². The minimum atomic E-state index is -3.80. The number of para-hydroxylation sites is 1. The Morgan fingerprint density at radius 1 is 1.00 bits per heavy atom. The molecule has 0 saturated carbocycles. The molecule has 146 valence electrons. The first kappa shape index (κ1) is 18.3. The van der Waals surface area contributed by atoms with Crippen LogP contribution in [0, 0.1) is 11.3 Å². The van der Waals surface area contributed by atoms with Crippen molar-refractivity contribution in [1.82, 2.24) is 9.97 Å². The van der Waals surface area contributed by atoms with Crippen molar-refractivity contribution in [2.45, 2.75) is 11.3 Å². The van der Waals surface area contributed by atoms with Crippen LogP contribution in [0.5, 0.6) is 0 Å². The standard InChI is InChI=1S/C23H16N4O2S/c24-13-16-6-8-17(9-7-16)20-14-25-15-21-19(20)10-12-27(21)30(28,29)22-5-1-3-18-4-2-11-26-23(18)22/h1-9,11,14-15H,10,12H2. The molecule has 2 aromatic carbocycles. The highest BCUT2D eigenvalue weighted by Gasteiger charge is 2.34. The summed E-state index contributed by atoms with van der Waals surface area (Å²) < 4.78 is 28.6. The first-order chi connectivity index (χ1) is 14.6. The van der Waals surface area contributed by atoms with E-state index in [2.05, 4.69) is 16.0 Å². The van der Waals surface area contributed by atoms with Crippen LogP contribution >= 0.6 is 0 Å². The molecule has 0 saturated heterocycles. The summed E-state index contributed by atoms with van der Waals surface area (Å²) in [5.41, 5.74) is 4.35. The van der Waals surface area contributed by atoms with Crippen molar-refractivity contribution >= 4 is 26.6 Å². The zero-order valence-corrected chi connectivity index (χ0v) is 16.7. The smallest absolute Gasteiger partial charge is 0.264 e. The summed E-state index contributed by atoms with van der Waals surface area (Å²) in [6.45, 7) is 0.343. The minimum absolute atomic E-state index is 0.192. The van der Waals surface area contributed by atoms with Crippen molar-refractivity contribution in [2.24, 2.45) is 0 Å². The van der Waals surface area contributed by atoms with Gasteiger partial charge in [-0.1, -0.05) is 30.3 Å². The SMILES string of the molecule is N#Cc1ccc(-c2cncc3c2CCN3S(=O)(=O)c2cccc3cccnc23)cc1. The largest absolute Gasteiger partial charge is 0.266 e. The molecule has 1 aliphatic rings. The van der Waals surface area contributed by atoms with Crippen molar-refractivity contribution in [3.8, 4) is 17.2 Å². The second-order valence-corrected chi connectivity index (χ2v) is 8.86. The summed E-state index contributed by atoms with van der Waals surface area (Å²) in [6.07, 6.45) is 5.54. The molecule has 7 heteroatoms. The van der Waals surface area contributed by atoms with E-state index in [0.717, 1.165) is 22.1 Å². The topological polar surface area (TPSA) is 87.0 Å². The first-order valence-electron chi connectivity index (χ1n) is 9.43. The van der Waals surface area contributed by atoms with Gasteiger partial charge in [0.2, 0.25) is 0 Å². The predicted octanol–water partition coefficient (Wildman–Crippen LogP) is 3.92. The van der Waals surface area contributed by atoms with E-state index >= 15 is 0 Å². The lowest BCUT2D eigenvalue weighted by atomic mass is 9.99. The molecule has 2 aromatic heterocycles. The summed E-state index contributed by atoms with van der Waals surface area (Å²) in [6, 6.07) is 18.2. The Morgan fingerprint density at radius 3 is 2.60 bits per heavy atom. The summed E-state index contributed by atoms with van der Waals surface area (Å²) in [5, 5.41) is 9.80. The summed E-state index contributed by atoms with van der Waals surface area (Å²) in [5.74, 6) is 0. The molecule has 3 heterocycles. The van der Waals surface area contributed by atoms with Gasteiger partial charge < -0.3 is 0 Å². The van der Waals surface area contributed by atoms with Gasteiger partial charge in [0, 0.05) is 29.9 Å². The zero-order chi connectivity index (χ0) is 20.7. The van der Waals surface area contributed by atoms with E-state index in [4.69, 9.17) is 5.26 Å². The summed E-state index contributed by atoms with van der Waals surface area (Å²) in [4.78, 5) is 8.81. The number of nitrogens with zero attached hydrogens (tertiary/aromatic N) is 4. The molecular formula is C23H16N4O2S. The third-order valence-corrected chi connectivity index (χ3v) is 7.20. The van der Waals surface area contributed by atoms with Crippen molar-refractivity contribution < 1.29 is 8.42 Å². The van der Waals surface area contributed by atoms with Gasteiger partial charge in [-0.05, 0) is 41.8 Å². The molecule has 0 aliphatic carbocycles. The second kappa shape index (κ2) is 6.94. The summed E-state index contributed by atoms with van der Waals surface area (Å²) in [7, 11) is -3.80. The number of nitriles is 1. The van der Waals surface area contributed by atoms with Crippen molar-refractivity contribution in [2.75, 3.05) is 10.8 Å². The fourth-order valence-electron chi connectivity index (χ4n) is 3.91. The highest BCUT2D eigenvalue weighted by molar-refractivity contribution is 7.93. The first-order valence-corrected chi connectivity index (χ1v) is 10.9. The molecule has 0 unspecified atom stereocenters. The van der Waals surface area contributed by atoms with Crippen LogP contribution in [0.1, 0.15) is 11.1 Å². The maximum Gasteiger partial charge on any atom is 0.266 e. The van der Waals surface area contributed by atoms with Gasteiger partial charge in [-0.3, -0.25) is 14.3 Å². The van der Waals surface area contributed by atoms with Gasteiger partial charge in [0.1, 0.15) is 4.90 Å². The minimum Gasteiger partial charge on any atom is -0.264 e. The van der Waals surface area contributed by atoms with Crippen molar-refractivity contribution in [3.63, 3.8) is 0 Å². The second-order valence-electron chi connectivity index (χ2n) is 7.03. The number of hydrogen-bond donors (Lipinski definition) is 0. The number of rotatable bonds is 3. The third-order valence-electron chi connectivity index (χ3n) is 5.36. The lowest BCUT2D eigenvalue weighted by molar-refractivity contribution is 0.593. The zero-order valence-electron chi connectivity index (χ0n) is 15.9. The van der Waals surface area contributed by atoms with E-state index in [1.54, 1.807) is 48.9 Å². The van der Waals surface area contributed by atoms with E-state index in [1.165, 1.54) is 4.31 Å². The number of pyridine rings is 2. The normalized spacial score (nSPS) is 13.2. The lowest BCUT2D eigenvalue weighted by Crippen LogP contribution is -2.29. The van der Waals surface area contributed by atoms with Crippen LogP contribution in [-0.2, 0) is 16.4 Å². The fourth-order valence-corrected chi connectivity index (χ4v) is 5.56. The maximum atomic E-state index is 13.6.